The van der Waals surface area contributed by atoms with Gasteiger partial charge < -0.3 is 20.1 Å². The summed E-state index contributed by atoms with van der Waals surface area (Å²) in [6.45, 7) is 5.00. The normalized spacial score (nSPS) is 15.9. The summed E-state index contributed by atoms with van der Waals surface area (Å²) < 4.78 is 5.68. The van der Waals surface area contributed by atoms with Crippen molar-refractivity contribution in [3.8, 4) is 0 Å². The Morgan fingerprint density at radius 3 is 2.93 bits per heavy atom. The van der Waals surface area contributed by atoms with E-state index in [-0.39, 0.29) is 6.42 Å². The number of thioether (sulfide) groups is 2. The van der Waals surface area contributed by atoms with E-state index in [0.717, 1.165) is 51.6 Å². The molecule has 2 heterocycles. The van der Waals surface area contributed by atoms with Crippen LogP contribution in [0.5, 0.6) is 0 Å². The monoisotopic (exact) mass is 451 g/mol. The second kappa shape index (κ2) is 11.0. The van der Waals surface area contributed by atoms with Crippen molar-refractivity contribution in [3.05, 3.63) is 34.9 Å². The molecule has 0 amide bonds. The number of ether oxygens (including phenoxy) is 1. The minimum atomic E-state index is -0.747. The molecule has 2 N–H and O–H groups in total. The fraction of sp³-hybridized carbons (Fsp3) is 0.450. The number of amidine groups is 1. The number of rotatable bonds is 10. The average Bonchev–Trinajstić information content (AvgIpc) is 3.09. The zero-order valence-electron chi connectivity index (χ0n) is 16.3. The van der Waals surface area contributed by atoms with E-state index < -0.39 is 5.97 Å². The van der Waals surface area contributed by atoms with E-state index in [1.165, 1.54) is 0 Å². The van der Waals surface area contributed by atoms with Gasteiger partial charge >= 0.3 is 5.97 Å². The third kappa shape index (κ3) is 6.21. The van der Waals surface area contributed by atoms with Crippen LogP contribution in [0.25, 0.3) is 0 Å². The molecule has 2 aliphatic heterocycles. The van der Waals surface area contributed by atoms with Gasteiger partial charge in [0.25, 0.3) is 0 Å². The van der Waals surface area contributed by atoms with Gasteiger partial charge in [-0.25, -0.2) is 0 Å². The number of carbonyl (C=O) groups is 1. The van der Waals surface area contributed by atoms with Crippen molar-refractivity contribution in [3.63, 3.8) is 0 Å². The van der Waals surface area contributed by atoms with E-state index in [0.29, 0.717) is 24.6 Å². The summed E-state index contributed by atoms with van der Waals surface area (Å²) in [7, 11) is 0. The molecule has 0 fully saturated rings. The predicted molar refractivity (Wildman–Crippen MR) is 125 cm³/mol. The number of hydrogen-bond acceptors (Lipinski definition) is 7. The van der Waals surface area contributed by atoms with Crippen LogP contribution in [0.15, 0.2) is 44.8 Å². The Kier molecular flexibility index (Phi) is 8.40. The maximum Gasteiger partial charge on any atom is 0.303 e. The summed E-state index contributed by atoms with van der Waals surface area (Å²) in [5, 5.41) is 13.1. The van der Waals surface area contributed by atoms with Gasteiger partial charge in [0, 0.05) is 36.7 Å². The number of aliphatic carboxylic acids is 1. The zero-order valence-corrected chi connectivity index (χ0v) is 18.8. The molecule has 0 aliphatic carbocycles. The molecule has 29 heavy (non-hydrogen) atoms. The first-order valence-electron chi connectivity index (χ1n) is 9.65. The third-order valence-electron chi connectivity index (χ3n) is 4.36. The highest BCUT2D eigenvalue weighted by atomic mass is 32.2. The number of nitrogens with zero attached hydrogens (tertiary/aromatic N) is 2. The van der Waals surface area contributed by atoms with Crippen molar-refractivity contribution < 1.29 is 14.6 Å². The third-order valence-corrected chi connectivity index (χ3v) is 7.07. The second-order valence-electron chi connectivity index (χ2n) is 6.51. The molecule has 6 nitrogen and oxygen atoms in total. The van der Waals surface area contributed by atoms with Crippen LogP contribution in [0, 0.1) is 0 Å². The van der Waals surface area contributed by atoms with Gasteiger partial charge in [0.05, 0.1) is 17.2 Å². The highest BCUT2D eigenvalue weighted by molar-refractivity contribution is 8.18. The molecule has 0 saturated heterocycles. The van der Waals surface area contributed by atoms with Gasteiger partial charge in [-0.1, -0.05) is 12.2 Å². The summed E-state index contributed by atoms with van der Waals surface area (Å²) in [6, 6.07) is 8.06. The molecule has 0 unspecified atom stereocenters. The lowest BCUT2D eigenvalue weighted by molar-refractivity contribution is -0.137. The number of fused-ring (bicyclic) bond motifs is 1. The van der Waals surface area contributed by atoms with Crippen LogP contribution in [-0.4, -0.2) is 58.2 Å². The molecule has 156 valence electrons. The topological polar surface area (TPSA) is 74.2 Å². The van der Waals surface area contributed by atoms with Crippen molar-refractivity contribution in [1.82, 2.24) is 4.90 Å². The summed E-state index contributed by atoms with van der Waals surface area (Å²) in [6.07, 6.45) is 1.91. The minimum Gasteiger partial charge on any atom is -0.481 e. The Morgan fingerprint density at radius 1 is 1.41 bits per heavy atom. The quantitative estimate of drug-likeness (QED) is 0.307. The van der Waals surface area contributed by atoms with Crippen LogP contribution in [0.4, 0.5) is 5.69 Å². The SMILES string of the molecule is CCOCC1=C(C(=S)Nc2ccc(SCCCC(=O)O)cc2)SC2=NCCCN21. The summed E-state index contributed by atoms with van der Waals surface area (Å²) in [4.78, 5) is 20.2. The van der Waals surface area contributed by atoms with Crippen LogP contribution < -0.4 is 5.32 Å². The molecule has 0 aromatic heterocycles. The predicted octanol–water partition coefficient (Wildman–Crippen LogP) is 4.44. The highest BCUT2D eigenvalue weighted by Crippen LogP contribution is 2.37. The largest absolute Gasteiger partial charge is 0.481 e. The smallest absolute Gasteiger partial charge is 0.303 e. The lowest BCUT2D eigenvalue weighted by atomic mass is 10.3. The Morgan fingerprint density at radius 2 is 2.21 bits per heavy atom. The maximum absolute atomic E-state index is 10.6. The van der Waals surface area contributed by atoms with Gasteiger partial charge in [-0.05, 0) is 61.5 Å². The number of carboxylic acids is 1. The second-order valence-corrected chi connectivity index (χ2v) is 9.06. The van der Waals surface area contributed by atoms with E-state index >= 15 is 0 Å². The van der Waals surface area contributed by atoms with Gasteiger partial charge in [-0.15, -0.1) is 11.8 Å². The zero-order chi connectivity index (χ0) is 20.6. The van der Waals surface area contributed by atoms with Crippen molar-refractivity contribution >= 4 is 57.6 Å². The fourth-order valence-electron chi connectivity index (χ4n) is 2.95. The first-order chi connectivity index (χ1) is 14.1. The Hall–Kier alpha value is -1.55. The van der Waals surface area contributed by atoms with Crippen molar-refractivity contribution in [2.45, 2.75) is 31.1 Å². The first-order valence-corrected chi connectivity index (χ1v) is 11.9. The minimum absolute atomic E-state index is 0.208. The maximum atomic E-state index is 10.6. The van der Waals surface area contributed by atoms with E-state index in [9.17, 15) is 4.79 Å². The van der Waals surface area contributed by atoms with E-state index in [1.807, 2.05) is 31.2 Å². The summed E-state index contributed by atoms with van der Waals surface area (Å²) in [5.74, 6) is 0.0447. The molecule has 0 spiro atoms. The van der Waals surface area contributed by atoms with Gasteiger partial charge in [0.1, 0.15) is 4.99 Å². The molecule has 1 aromatic rings. The van der Waals surface area contributed by atoms with Crippen LogP contribution in [0.2, 0.25) is 0 Å². The Bertz CT molecular complexity index is 809. The molecule has 1 aromatic carbocycles. The standard InChI is InChI=1S/C20H25N3O3S3/c1-2-26-13-16-18(29-20-21-10-4-11-23(16)20)19(27)22-14-6-8-15(9-7-14)28-12-3-5-17(24)25/h6-9H,2-5,10-13H2,1H3,(H,22,27)(H,24,25). The molecular formula is C20H25N3O3S3. The number of hydrogen-bond donors (Lipinski definition) is 2. The Labute approximate surface area is 185 Å². The van der Waals surface area contributed by atoms with E-state index in [2.05, 4.69) is 15.2 Å². The number of thiocarbonyl (C=S) groups is 1. The first kappa shape index (κ1) is 22.1. The molecule has 0 bridgehead atoms. The summed E-state index contributed by atoms with van der Waals surface area (Å²) >= 11 is 8.98. The van der Waals surface area contributed by atoms with Crippen molar-refractivity contribution in [2.75, 3.05) is 37.4 Å². The lowest BCUT2D eigenvalue weighted by Gasteiger charge is -2.25. The van der Waals surface area contributed by atoms with Crippen molar-refractivity contribution in [2.24, 2.45) is 4.99 Å². The number of carboxylic acid groups (broad SMARTS) is 1. The number of nitrogens with one attached hydrogen (secondary N) is 1. The molecule has 2 aliphatic rings. The number of anilines is 1. The number of benzene rings is 1. The van der Waals surface area contributed by atoms with Gasteiger partial charge in [-0.3, -0.25) is 9.79 Å². The Balaban J connectivity index is 1.61. The molecule has 0 atom stereocenters. The molecule has 0 saturated carbocycles. The highest BCUT2D eigenvalue weighted by Gasteiger charge is 2.32. The van der Waals surface area contributed by atoms with Crippen LogP contribution >= 0.6 is 35.7 Å². The van der Waals surface area contributed by atoms with Gasteiger partial charge in [-0.2, -0.15) is 0 Å². The molecule has 9 heteroatoms. The molecule has 0 radical (unpaired) electrons. The van der Waals surface area contributed by atoms with Gasteiger partial charge in [0.2, 0.25) is 0 Å². The van der Waals surface area contributed by atoms with Crippen molar-refractivity contribution in [1.29, 1.82) is 0 Å². The fourth-order valence-corrected chi connectivity index (χ4v) is 5.24. The molecule has 3 rings (SSSR count). The van der Waals surface area contributed by atoms with Crippen LogP contribution in [-0.2, 0) is 9.53 Å². The lowest BCUT2D eigenvalue weighted by Crippen LogP contribution is -2.31. The van der Waals surface area contributed by atoms with Crippen LogP contribution in [0.1, 0.15) is 26.2 Å². The average molecular weight is 452 g/mol. The van der Waals surface area contributed by atoms with Gasteiger partial charge in [0.15, 0.2) is 5.17 Å². The molecular weight excluding hydrogens is 426 g/mol. The van der Waals surface area contributed by atoms with E-state index in [1.54, 1.807) is 23.5 Å². The number of aliphatic imine (C=N–C) groups is 1. The van der Waals surface area contributed by atoms with Crippen LogP contribution in [0.3, 0.4) is 0 Å². The van der Waals surface area contributed by atoms with E-state index in [4.69, 9.17) is 22.1 Å². The summed E-state index contributed by atoms with van der Waals surface area (Å²) in [5.41, 5.74) is 2.03.